The van der Waals surface area contributed by atoms with Crippen LogP contribution in [-0.2, 0) is 0 Å². The van der Waals surface area contributed by atoms with Gasteiger partial charge in [-0.25, -0.2) is 0 Å². The van der Waals surface area contributed by atoms with E-state index in [2.05, 4.69) is 12.2 Å². The lowest BCUT2D eigenvalue weighted by Crippen LogP contribution is -2.50. The van der Waals surface area contributed by atoms with Gasteiger partial charge >= 0.3 is 0 Å². The highest BCUT2D eigenvalue weighted by molar-refractivity contribution is 5.09. The van der Waals surface area contributed by atoms with Crippen molar-refractivity contribution in [1.29, 1.82) is 0 Å². The van der Waals surface area contributed by atoms with Gasteiger partial charge in [0.2, 0.25) is 0 Å². The van der Waals surface area contributed by atoms with Crippen LogP contribution in [0.4, 0.5) is 0 Å². The molecule has 2 nitrogen and oxygen atoms in total. The van der Waals surface area contributed by atoms with E-state index in [9.17, 15) is 0 Å². The summed E-state index contributed by atoms with van der Waals surface area (Å²) in [6.07, 6.45) is 19.1. The minimum Gasteiger partial charge on any atom is -0.325 e. The van der Waals surface area contributed by atoms with Crippen LogP contribution < -0.4 is 11.1 Å². The van der Waals surface area contributed by atoms with Gasteiger partial charge in [0, 0.05) is 11.1 Å². The molecule has 20 heavy (non-hydrogen) atoms. The summed E-state index contributed by atoms with van der Waals surface area (Å²) in [6, 6.07) is 0. The van der Waals surface area contributed by atoms with Gasteiger partial charge in [0.25, 0.3) is 0 Å². The van der Waals surface area contributed by atoms with E-state index >= 15 is 0 Å². The van der Waals surface area contributed by atoms with Crippen molar-refractivity contribution in [3.8, 4) is 0 Å². The highest BCUT2D eigenvalue weighted by atomic mass is 15.0. The van der Waals surface area contributed by atoms with E-state index in [-0.39, 0.29) is 5.54 Å². The molecule has 2 atom stereocenters. The third kappa shape index (κ3) is 4.73. The first-order chi connectivity index (χ1) is 9.68. The molecule has 2 heteroatoms. The van der Waals surface area contributed by atoms with Crippen LogP contribution in [0.2, 0.25) is 0 Å². The molecule has 0 radical (unpaired) electrons. The van der Waals surface area contributed by atoms with Crippen LogP contribution in [0.1, 0.15) is 96.8 Å². The molecule has 2 saturated carbocycles. The van der Waals surface area contributed by atoms with Crippen LogP contribution in [0, 0.1) is 0 Å². The van der Waals surface area contributed by atoms with Crippen LogP contribution in [0.5, 0.6) is 0 Å². The van der Waals surface area contributed by atoms with Crippen molar-refractivity contribution in [3.05, 3.63) is 0 Å². The van der Waals surface area contributed by atoms with Crippen molar-refractivity contribution in [2.75, 3.05) is 6.54 Å². The van der Waals surface area contributed by atoms with E-state index in [1.54, 1.807) is 0 Å². The minimum atomic E-state index is 0.185. The van der Waals surface area contributed by atoms with Gasteiger partial charge in [-0.15, -0.1) is 0 Å². The molecular weight excluding hydrogens is 244 g/mol. The Morgan fingerprint density at radius 2 is 1.55 bits per heavy atom. The van der Waals surface area contributed by atoms with Gasteiger partial charge in [0.15, 0.2) is 0 Å². The fraction of sp³-hybridized carbons (Fsp3) is 1.00. The van der Waals surface area contributed by atoms with Crippen molar-refractivity contribution in [1.82, 2.24) is 5.32 Å². The number of hydrogen-bond acceptors (Lipinski definition) is 2. The molecule has 0 aliphatic heterocycles. The van der Waals surface area contributed by atoms with Gasteiger partial charge in [-0.3, -0.25) is 0 Å². The van der Waals surface area contributed by atoms with Gasteiger partial charge in [-0.2, -0.15) is 0 Å². The molecule has 0 saturated heterocycles. The Morgan fingerprint density at radius 3 is 2.30 bits per heavy atom. The van der Waals surface area contributed by atoms with Crippen molar-refractivity contribution in [2.45, 2.75) is 108 Å². The van der Waals surface area contributed by atoms with Crippen LogP contribution >= 0.6 is 0 Å². The summed E-state index contributed by atoms with van der Waals surface area (Å²) >= 11 is 0. The van der Waals surface area contributed by atoms with Crippen LogP contribution in [-0.4, -0.2) is 17.6 Å². The summed E-state index contributed by atoms with van der Waals surface area (Å²) in [5.74, 6) is 0. The summed E-state index contributed by atoms with van der Waals surface area (Å²) in [7, 11) is 0. The van der Waals surface area contributed by atoms with E-state index in [0.717, 1.165) is 0 Å². The molecule has 0 spiro atoms. The zero-order valence-electron chi connectivity index (χ0n) is 13.7. The lowest BCUT2D eigenvalue weighted by atomic mass is 9.79. The number of hydrogen-bond donors (Lipinski definition) is 2. The third-order valence-electron chi connectivity index (χ3n) is 5.65. The van der Waals surface area contributed by atoms with Crippen LogP contribution in [0.25, 0.3) is 0 Å². The van der Waals surface area contributed by atoms with Crippen molar-refractivity contribution < 1.29 is 0 Å². The maximum atomic E-state index is 6.46. The average molecular weight is 280 g/mol. The summed E-state index contributed by atoms with van der Waals surface area (Å²) in [5.41, 5.74) is 7.06. The molecule has 0 unspecified atom stereocenters. The molecular formula is C18H36N2. The third-order valence-corrected chi connectivity index (χ3v) is 5.65. The highest BCUT2D eigenvalue weighted by Gasteiger charge is 2.48. The fourth-order valence-corrected chi connectivity index (χ4v) is 4.40. The molecule has 0 aromatic rings. The van der Waals surface area contributed by atoms with Gasteiger partial charge in [0.05, 0.1) is 0 Å². The molecule has 0 amide bonds. The van der Waals surface area contributed by atoms with Crippen LogP contribution in [0.3, 0.4) is 0 Å². The van der Waals surface area contributed by atoms with Gasteiger partial charge in [-0.05, 0) is 51.5 Å². The monoisotopic (exact) mass is 280 g/mol. The Kier molecular flexibility index (Phi) is 6.35. The lowest BCUT2D eigenvalue weighted by Gasteiger charge is -2.38. The second-order valence-electron chi connectivity index (χ2n) is 7.57. The topological polar surface area (TPSA) is 38.0 Å². The number of fused-ring (bicyclic) bond motifs is 2. The molecule has 2 aliphatic carbocycles. The minimum absolute atomic E-state index is 0.185. The predicted octanol–water partition coefficient (Wildman–Crippen LogP) is 4.52. The Labute approximate surface area is 126 Å². The van der Waals surface area contributed by atoms with E-state index in [4.69, 9.17) is 5.73 Å². The average Bonchev–Trinajstić information content (AvgIpc) is 2.67. The first-order valence-corrected chi connectivity index (χ1v) is 9.22. The van der Waals surface area contributed by atoms with Gasteiger partial charge in [0.1, 0.15) is 0 Å². The second-order valence-corrected chi connectivity index (χ2v) is 7.57. The Bertz CT molecular complexity index is 279. The molecule has 2 bridgehead atoms. The molecule has 2 aliphatic rings. The van der Waals surface area contributed by atoms with E-state index < -0.39 is 0 Å². The van der Waals surface area contributed by atoms with E-state index in [1.165, 1.54) is 96.4 Å². The largest absolute Gasteiger partial charge is 0.325 e. The van der Waals surface area contributed by atoms with Crippen molar-refractivity contribution in [2.24, 2.45) is 5.73 Å². The summed E-state index contributed by atoms with van der Waals surface area (Å²) in [5, 5.41) is 3.88. The quantitative estimate of drug-likeness (QED) is 0.577. The SMILES string of the molecule is CCCCCCCCCCN[C@]12CCC[C@](N)(CC1)C2. The maximum Gasteiger partial charge on any atom is 0.0199 e. The molecule has 118 valence electrons. The van der Waals surface area contributed by atoms with E-state index in [1.807, 2.05) is 0 Å². The Morgan fingerprint density at radius 1 is 0.850 bits per heavy atom. The van der Waals surface area contributed by atoms with Crippen LogP contribution in [0.15, 0.2) is 0 Å². The van der Waals surface area contributed by atoms with Gasteiger partial charge in [-0.1, -0.05) is 51.9 Å². The molecule has 2 fully saturated rings. The second kappa shape index (κ2) is 7.79. The van der Waals surface area contributed by atoms with Gasteiger partial charge < -0.3 is 11.1 Å². The van der Waals surface area contributed by atoms with Crippen molar-refractivity contribution in [3.63, 3.8) is 0 Å². The zero-order valence-corrected chi connectivity index (χ0v) is 13.7. The number of nitrogens with one attached hydrogen (secondary N) is 1. The summed E-state index contributed by atoms with van der Waals surface area (Å²) in [4.78, 5) is 0. The standard InChI is InChI=1S/C18H36N2/c1-2-3-4-5-6-7-8-9-15-20-18-12-10-11-17(19,16-18)13-14-18/h20H,2-16,19H2,1H3/t17-,18+/m0/s1. The predicted molar refractivity (Wildman–Crippen MR) is 88.0 cm³/mol. The Balaban J connectivity index is 1.49. The Hall–Kier alpha value is -0.0800. The molecule has 0 heterocycles. The van der Waals surface area contributed by atoms with Crippen molar-refractivity contribution >= 4 is 0 Å². The number of unbranched alkanes of at least 4 members (excludes halogenated alkanes) is 7. The molecule has 0 aromatic heterocycles. The smallest absolute Gasteiger partial charge is 0.0199 e. The molecule has 3 N–H and O–H groups in total. The summed E-state index contributed by atoms with van der Waals surface area (Å²) < 4.78 is 0. The number of rotatable bonds is 10. The first kappa shape index (κ1) is 16.3. The highest BCUT2D eigenvalue weighted by Crippen LogP contribution is 2.46. The normalized spacial score (nSPS) is 32.7. The molecule has 0 aromatic carbocycles. The fourth-order valence-electron chi connectivity index (χ4n) is 4.40. The zero-order chi connectivity index (χ0) is 14.3. The maximum absolute atomic E-state index is 6.46. The first-order valence-electron chi connectivity index (χ1n) is 9.22. The van der Waals surface area contributed by atoms with E-state index in [0.29, 0.717) is 5.54 Å². The lowest BCUT2D eigenvalue weighted by molar-refractivity contribution is 0.226. The molecule has 2 rings (SSSR count). The number of nitrogens with two attached hydrogens (primary N) is 1. The summed E-state index contributed by atoms with van der Waals surface area (Å²) in [6.45, 7) is 3.50.